The second-order valence-electron chi connectivity index (χ2n) is 3.65. The molecule has 1 rings (SSSR count). The molecule has 0 saturated heterocycles. The monoisotopic (exact) mass is 221 g/mol. The van der Waals surface area contributed by atoms with Crippen LogP contribution in [0, 0.1) is 0 Å². The van der Waals surface area contributed by atoms with Crippen LogP contribution in [0.25, 0.3) is 0 Å². The molecule has 0 N–H and O–H groups in total. The molecule has 1 aliphatic rings. The molecule has 0 aromatic rings. The molecule has 0 amide bonds. The van der Waals surface area contributed by atoms with E-state index in [0.29, 0.717) is 19.4 Å². The van der Waals surface area contributed by atoms with E-state index in [9.17, 15) is 13.2 Å². The van der Waals surface area contributed by atoms with Crippen LogP contribution in [0.2, 0.25) is 0 Å². The highest BCUT2D eigenvalue weighted by molar-refractivity contribution is 7.86. The van der Waals surface area contributed by atoms with Crippen LogP contribution in [0.4, 0.5) is 0 Å². The first kappa shape index (κ1) is 11.6. The SMILES string of the molecule is CN(CC=O)C1CC(OS(C)(=O)=O)C1. The number of aldehydes is 1. The Hall–Kier alpha value is -0.460. The zero-order valence-corrected chi connectivity index (χ0v) is 9.16. The zero-order chi connectivity index (χ0) is 10.8. The highest BCUT2D eigenvalue weighted by Gasteiger charge is 2.34. The number of hydrogen-bond donors (Lipinski definition) is 0. The average molecular weight is 221 g/mol. The maximum Gasteiger partial charge on any atom is 0.264 e. The Bertz CT molecular complexity index is 294. The maximum absolute atomic E-state index is 10.7. The van der Waals surface area contributed by atoms with Gasteiger partial charge >= 0.3 is 0 Å². The van der Waals surface area contributed by atoms with Crippen LogP contribution in [0.5, 0.6) is 0 Å². The van der Waals surface area contributed by atoms with Crippen molar-refractivity contribution >= 4 is 16.4 Å². The van der Waals surface area contributed by atoms with Crippen LogP contribution in [0.3, 0.4) is 0 Å². The standard InChI is InChI=1S/C8H15NO4S/c1-9(3-4-10)7-5-8(6-7)13-14(2,11)12/h4,7-8H,3,5-6H2,1-2H3. The first-order valence-electron chi connectivity index (χ1n) is 4.44. The Morgan fingerprint density at radius 2 is 2.07 bits per heavy atom. The molecule has 0 unspecified atom stereocenters. The summed E-state index contributed by atoms with van der Waals surface area (Å²) in [7, 11) is -1.49. The summed E-state index contributed by atoms with van der Waals surface area (Å²) in [6.07, 6.45) is 3.04. The molecule has 0 aliphatic heterocycles. The molecule has 5 nitrogen and oxygen atoms in total. The van der Waals surface area contributed by atoms with Crippen LogP contribution >= 0.6 is 0 Å². The van der Waals surface area contributed by atoms with Gasteiger partial charge in [0.25, 0.3) is 10.1 Å². The van der Waals surface area contributed by atoms with Crippen LogP contribution in [0.1, 0.15) is 12.8 Å². The van der Waals surface area contributed by atoms with E-state index in [-0.39, 0.29) is 12.1 Å². The average Bonchev–Trinajstić information content (AvgIpc) is 1.94. The predicted molar refractivity (Wildman–Crippen MR) is 51.4 cm³/mol. The minimum Gasteiger partial charge on any atom is -0.302 e. The van der Waals surface area contributed by atoms with Crippen molar-refractivity contribution in [1.82, 2.24) is 4.90 Å². The minimum atomic E-state index is -3.33. The second-order valence-corrected chi connectivity index (χ2v) is 5.25. The molecule has 0 atom stereocenters. The van der Waals surface area contributed by atoms with Gasteiger partial charge in [0.05, 0.1) is 18.9 Å². The van der Waals surface area contributed by atoms with E-state index in [1.807, 2.05) is 11.9 Å². The highest BCUT2D eigenvalue weighted by atomic mass is 32.2. The molecule has 1 fully saturated rings. The molecule has 14 heavy (non-hydrogen) atoms. The number of carbonyl (C=O) groups is 1. The van der Waals surface area contributed by atoms with Crippen molar-refractivity contribution in [2.24, 2.45) is 0 Å². The van der Waals surface area contributed by atoms with Crippen molar-refractivity contribution in [3.8, 4) is 0 Å². The molecule has 0 aromatic carbocycles. The van der Waals surface area contributed by atoms with E-state index in [1.165, 1.54) is 0 Å². The smallest absolute Gasteiger partial charge is 0.264 e. The van der Waals surface area contributed by atoms with Gasteiger partial charge in [0.2, 0.25) is 0 Å². The predicted octanol–water partition coefficient (Wildman–Crippen LogP) is -0.376. The second kappa shape index (κ2) is 4.37. The fourth-order valence-corrected chi connectivity index (χ4v) is 2.14. The molecule has 0 aromatic heterocycles. The minimum absolute atomic E-state index is 0.205. The van der Waals surface area contributed by atoms with Gasteiger partial charge in [-0.2, -0.15) is 8.42 Å². The first-order valence-corrected chi connectivity index (χ1v) is 6.26. The lowest BCUT2D eigenvalue weighted by Crippen LogP contribution is -2.47. The quantitative estimate of drug-likeness (QED) is 0.468. The number of likely N-dealkylation sites (N-methyl/N-ethyl adjacent to an activating group) is 1. The Morgan fingerprint density at radius 3 is 2.50 bits per heavy atom. The summed E-state index contributed by atoms with van der Waals surface area (Å²) < 4.78 is 26.3. The first-order chi connectivity index (χ1) is 6.42. The summed E-state index contributed by atoms with van der Waals surface area (Å²) >= 11 is 0. The van der Waals surface area contributed by atoms with Gasteiger partial charge in [-0.15, -0.1) is 0 Å². The van der Waals surface area contributed by atoms with Crippen LogP contribution in [-0.2, 0) is 19.1 Å². The number of rotatable bonds is 5. The molecule has 0 bridgehead atoms. The Labute approximate surface area is 84.2 Å². The summed E-state index contributed by atoms with van der Waals surface area (Å²) in [6.45, 7) is 0.385. The lowest BCUT2D eigenvalue weighted by atomic mass is 9.88. The summed E-state index contributed by atoms with van der Waals surface area (Å²) in [5, 5.41) is 0. The van der Waals surface area contributed by atoms with Crippen molar-refractivity contribution in [1.29, 1.82) is 0 Å². The number of carbonyl (C=O) groups excluding carboxylic acids is 1. The normalized spacial score (nSPS) is 27.4. The summed E-state index contributed by atoms with van der Waals surface area (Å²) in [4.78, 5) is 12.1. The van der Waals surface area contributed by atoms with Crippen LogP contribution in [-0.4, -0.2) is 51.6 Å². The van der Waals surface area contributed by atoms with Gasteiger partial charge in [0.15, 0.2) is 0 Å². The van der Waals surface area contributed by atoms with E-state index in [0.717, 1.165) is 12.5 Å². The molecule has 1 aliphatic carbocycles. The van der Waals surface area contributed by atoms with Gasteiger partial charge in [-0.1, -0.05) is 0 Å². The topological polar surface area (TPSA) is 63.7 Å². The Balaban J connectivity index is 2.27. The molecule has 0 spiro atoms. The molecule has 1 saturated carbocycles. The Morgan fingerprint density at radius 1 is 1.50 bits per heavy atom. The molecule has 0 radical (unpaired) electrons. The van der Waals surface area contributed by atoms with Crippen LogP contribution < -0.4 is 0 Å². The van der Waals surface area contributed by atoms with E-state index in [4.69, 9.17) is 4.18 Å². The lowest BCUT2D eigenvalue weighted by molar-refractivity contribution is -0.109. The third-order valence-corrected chi connectivity index (χ3v) is 2.99. The molecule has 82 valence electrons. The number of hydrogen-bond acceptors (Lipinski definition) is 5. The van der Waals surface area contributed by atoms with E-state index < -0.39 is 10.1 Å². The van der Waals surface area contributed by atoms with Crippen molar-refractivity contribution in [3.05, 3.63) is 0 Å². The van der Waals surface area contributed by atoms with Gasteiger partial charge in [-0.05, 0) is 19.9 Å². The van der Waals surface area contributed by atoms with Crippen molar-refractivity contribution in [3.63, 3.8) is 0 Å². The van der Waals surface area contributed by atoms with Crippen molar-refractivity contribution in [2.45, 2.75) is 25.0 Å². The molecular formula is C8H15NO4S. The molecule has 0 heterocycles. The summed E-state index contributed by atoms with van der Waals surface area (Å²) in [5.74, 6) is 0. The highest BCUT2D eigenvalue weighted by Crippen LogP contribution is 2.28. The lowest BCUT2D eigenvalue weighted by Gasteiger charge is -2.39. The van der Waals surface area contributed by atoms with E-state index in [2.05, 4.69) is 0 Å². The fraction of sp³-hybridized carbons (Fsp3) is 0.875. The van der Waals surface area contributed by atoms with E-state index in [1.54, 1.807) is 0 Å². The van der Waals surface area contributed by atoms with E-state index >= 15 is 0 Å². The number of nitrogens with zero attached hydrogens (tertiary/aromatic N) is 1. The van der Waals surface area contributed by atoms with Crippen molar-refractivity contribution in [2.75, 3.05) is 19.8 Å². The van der Waals surface area contributed by atoms with Gasteiger partial charge in [-0.3, -0.25) is 9.08 Å². The molecule has 6 heteroatoms. The van der Waals surface area contributed by atoms with Gasteiger partial charge in [-0.25, -0.2) is 0 Å². The fourth-order valence-electron chi connectivity index (χ4n) is 1.49. The van der Waals surface area contributed by atoms with Crippen LogP contribution in [0.15, 0.2) is 0 Å². The summed E-state index contributed by atoms with van der Waals surface area (Å²) in [6, 6.07) is 0.270. The van der Waals surface area contributed by atoms with Crippen molar-refractivity contribution < 1.29 is 17.4 Å². The zero-order valence-electron chi connectivity index (χ0n) is 8.34. The van der Waals surface area contributed by atoms with Gasteiger partial charge in [0.1, 0.15) is 6.29 Å². The van der Waals surface area contributed by atoms with Gasteiger partial charge in [0, 0.05) is 6.04 Å². The largest absolute Gasteiger partial charge is 0.302 e. The maximum atomic E-state index is 10.7. The Kier molecular flexibility index (Phi) is 3.63. The summed E-state index contributed by atoms with van der Waals surface area (Å²) in [5.41, 5.74) is 0. The third-order valence-electron chi connectivity index (χ3n) is 2.37. The van der Waals surface area contributed by atoms with Gasteiger partial charge < -0.3 is 4.79 Å². The molecular weight excluding hydrogens is 206 g/mol. The third kappa shape index (κ3) is 3.36.